The fourth-order valence-corrected chi connectivity index (χ4v) is 2.84. The second kappa shape index (κ2) is 6.90. The highest BCUT2D eigenvalue weighted by molar-refractivity contribution is 7.12. The van der Waals surface area contributed by atoms with Crippen molar-refractivity contribution < 1.29 is 9.90 Å². The number of carbonyl (C=O) groups is 1. The molecule has 0 radical (unpaired) electrons. The third kappa shape index (κ3) is 4.72. The lowest BCUT2D eigenvalue weighted by Crippen LogP contribution is -1.87. The third-order valence-electron chi connectivity index (χ3n) is 2.80. The van der Waals surface area contributed by atoms with Gasteiger partial charge in [-0.1, -0.05) is 30.3 Å². The largest absolute Gasteiger partial charge is 0.478 e. The number of benzene rings is 1. The maximum absolute atomic E-state index is 10.4. The van der Waals surface area contributed by atoms with E-state index >= 15 is 0 Å². The summed E-state index contributed by atoms with van der Waals surface area (Å²) in [7, 11) is 0. The first-order valence-electron chi connectivity index (χ1n) is 6.28. The minimum Gasteiger partial charge on any atom is -0.478 e. The number of carboxylic acid groups (broad SMARTS) is 1. The minimum atomic E-state index is -0.904. The summed E-state index contributed by atoms with van der Waals surface area (Å²) in [6.07, 6.45) is 6.07. The Balaban J connectivity index is 1.82. The third-order valence-corrected chi connectivity index (χ3v) is 3.91. The Labute approximate surface area is 117 Å². The number of hydrogen-bond donors (Lipinski definition) is 1. The zero-order valence-electron chi connectivity index (χ0n) is 10.6. The average molecular weight is 272 g/mol. The van der Waals surface area contributed by atoms with Crippen molar-refractivity contribution in [2.45, 2.75) is 19.3 Å². The topological polar surface area (TPSA) is 37.3 Å². The number of hydrogen-bond acceptors (Lipinski definition) is 2. The van der Waals surface area contributed by atoms with Crippen LogP contribution in [0.4, 0.5) is 0 Å². The van der Waals surface area contributed by atoms with E-state index in [1.165, 1.54) is 16.5 Å². The molecule has 0 spiro atoms. The lowest BCUT2D eigenvalue weighted by Gasteiger charge is -1.99. The van der Waals surface area contributed by atoms with Crippen molar-refractivity contribution in [1.29, 1.82) is 0 Å². The lowest BCUT2D eigenvalue weighted by molar-refractivity contribution is -0.131. The van der Waals surface area contributed by atoms with Gasteiger partial charge in [0.05, 0.1) is 0 Å². The molecule has 2 aromatic rings. The van der Waals surface area contributed by atoms with Gasteiger partial charge in [-0.2, -0.15) is 0 Å². The first-order valence-corrected chi connectivity index (χ1v) is 7.09. The highest BCUT2D eigenvalue weighted by Crippen LogP contribution is 2.20. The number of aryl methyl sites for hydroxylation is 2. The fraction of sp³-hybridized carbons (Fsp3) is 0.188. The van der Waals surface area contributed by atoms with E-state index in [0.717, 1.165) is 24.1 Å². The molecule has 0 unspecified atom stereocenters. The van der Waals surface area contributed by atoms with Gasteiger partial charge in [-0.3, -0.25) is 0 Å². The van der Waals surface area contributed by atoms with Crippen LogP contribution >= 0.6 is 11.3 Å². The molecule has 0 fully saturated rings. The molecule has 1 aromatic heterocycles. The van der Waals surface area contributed by atoms with Crippen LogP contribution in [0, 0.1) is 0 Å². The van der Waals surface area contributed by atoms with Crippen molar-refractivity contribution >= 4 is 23.4 Å². The smallest absolute Gasteiger partial charge is 0.328 e. The molecular weight excluding hydrogens is 256 g/mol. The molecule has 0 saturated carbocycles. The average Bonchev–Trinajstić information content (AvgIpc) is 2.86. The van der Waals surface area contributed by atoms with Gasteiger partial charge in [0.25, 0.3) is 0 Å². The summed E-state index contributed by atoms with van der Waals surface area (Å²) in [4.78, 5) is 12.7. The molecule has 0 atom stereocenters. The van der Waals surface area contributed by atoms with Gasteiger partial charge in [0.15, 0.2) is 0 Å². The van der Waals surface area contributed by atoms with Crippen LogP contribution in [0.5, 0.6) is 0 Å². The maximum atomic E-state index is 10.4. The lowest BCUT2D eigenvalue weighted by atomic mass is 10.1. The summed E-state index contributed by atoms with van der Waals surface area (Å²) in [5.41, 5.74) is 1.37. The zero-order valence-corrected chi connectivity index (χ0v) is 11.4. The van der Waals surface area contributed by atoms with Crippen LogP contribution in [0.15, 0.2) is 48.5 Å². The van der Waals surface area contributed by atoms with Crippen molar-refractivity contribution in [3.8, 4) is 0 Å². The molecule has 1 aromatic carbocycles. The molecule has 19 heavy (non-hydrogen) atoms. The SMILES string of the molecule is O=C(O)C=Cc1ccc(CCCc2ccccc2)s1. The van der Waals surface area contributed by atoms with Gasteiger partial charge in [0.1, 0.15) is 0 Å². The number of thiophene rings is 1. The summed E-state index contributed by atoms with van der Waals surface area (Å²) in [6.45, 7) is 0. The summed E-state index contributed by atoms with van der Waals surface area (Å²) in [6, 6.07) is 14.5. The molecule has 2 nitrogen and oxygen atoms in total. The summed E-state index contributed by atoms with van der Waals surface area (Å²) in [5.74, 6) is -0.904. The van der Waals surface area contributed by atoms with E-state index in [0.29, 0.717) is 0 Å². The molecule has 0 aliphatic rings. The summed E-state index contributed by atoms with van der Waals surface area (Å²) >= 11 is 1.66. The van der Waals surface area contributed by atoms with Crippen molar-refractivity contribution in [3.05, 3.63) is 63.9 Å². The van der Waals surface area contributed by atoms with Gasteiger partial charge >= 0.3 is 5.97 Å². The molecule has 1 heterocycles. The zero-order chi connectivity index (χ0) is 13.5. The Kier molecular flexibility index (Phi) is 4.93. The highest BCUT2D eigenvalue weighted by Gasteiger charge is 1.99. The Morgan fingerprint density at radius 1 is 1.11 bits per heavy atom. The van der Waals surface area contributed by atoms with Gasteiger partial charge in [-0.25, -0.2) is 4.79 Å². The molecule has 3 heteroatoms. The van der Waals surface area contributed by atoms with E-state index in [1.807, 2.05) is 12.1 Å². The van der Waals surface area contributed by atoms with Crippen molar-refractivity contribution in [1.82, 2.24) is 0 Å². The first kappa shape index (κ1) is 13.6. The highest BCUT2D eigenvalue weighted by atomic mass is 32.1. The van der Waals surface area contributed by atoms with Crippen molar-refractivity contribution in [3.63, 3.8) is 0 Å². The summed E-state index contributed by atoms with van der Waals surface area (Å²) in [5, 5.41) is 8.57. The monoisotopic (exact) mass is 272 g/mol. The van der Waals surface area contributed by atoms with Gasteiger partial charge in [0.2, 0.25) is 0 Å². The van der Waals surface area contributed by atoms with Gasteiger partial charge in [-0.05, 0) is 43.0 Å². The Hall–Kier alpha value is -1.87. The first-order chi connectivity index (χ1) is 9.24. The van der Waals surface area contributed by atoms with Gasteiger partial charge in [0, 0.05) is 15.8 Å². The van der Waals surface area contributed by atoms with E-state index in [9.17, 15) is 4.79 Å². The molecule has 2 rings (SSSR count). The Morgan fingerprint density at radius 3 is 2.63 bits per heavy atom. The van der Waals surface area contributed by atoms with Crippen LogP contribution in [-0.2, 0) is 17.6 Å². The number of rotatable bonds is 6. The van der Waals surface area contributed by atoms with Crippen LogP contribution < -0.4 is 0 Å². The molecule has 0 aliphatic carbocycles. The fourth-order valence-electron chi connectivity index (χ4n) is 1.88. The number of carboxylic acids is 1. The molecule has 0 bridgehead atoms. The Bertz CT molecular complexity index is 555. The van der Waals surface area contributed by atoms with Gasteiger partial charge < -0.3 is 5.11 Å². The molecule has 0 saturated heterocycles. The second-order valence-corrected chi connectivity index (χ2v) is 5.51. The maximum Gasteiger partial charge on any atom is 0.328 e. The minimum absolute atomic E-state index is 0.904. The predicted octanol–water partition coefficient (Wildman–Crippen LogP) is 4.02. The van der Waals surface area contributed by atoms with Crippen LogP contribution in [0.1, 0.15) is 21.7 Å². The summed E-state index contributed by atoms with van der Waals surface area (Å²) < 4.78 is 0. The van der Waals surface area contributed by atoms with E-state index in [2.05, 4.69) is 30.3 Å². The molecule has 0 aliphatic heterocycles. The number of aliphatic carboxylic acids is 1. The van der Waals surface area contributed by atoms with Crippen LogP contribution in [0.25, 0.3) is 6.08 Å². The Morgan fingerprint density at radius 2 is 1.89 bits per heavy atom. The molecule has 1 N–H and O–H groups in total. The van der Waals surface area contributed by atoms with Crippen LogP contribution in [0.2, 0.25) is 0 Å². The van der Waals surface area contributed by atoms with E-state index < -0.39 is 5.97 Å². The van der Waals surface area contributed by atoms with Crippen LogP contribution in [0.3, 0.4) is 0 Å². The second-order valence-electron chi connectivity index (χ2n) is 4.31. The van der Waals surface area contributed by atoms with E-state index in [4.69, 9.17) is 5.11 Å². The quantitative estimate of drug-likeness (QED) is 0.806. The van der Waals surface area contributed by atoms with Crippen molar-refractivity contribution in [2.24, 2.45) is 0 Å². The molecule has 98 valence electrons. The molecular formula is C16H16O2S. The molecule has 0 amide bonds. The van der Waals surface area contributed by atoms with Crippen LogP contribution in [-0.4, -0.2) is 11.1 Å². The standard InChI is InChI=1S/C16H16O2S/c17-16(18)12-11-15-10-9-14(19-15)8-4-7-13-5-2-1-3-6-13/h1-3,5-6,9-12H,4,7-8H2,(H,17,18). The van der Waals surface area contributed by atoms with Crippen molar-refractivity contribution in [2.75, 3.05) is 0 Å². The van der Waals surface area contributed by atoms with E-state index in [1.54, 1.807) is 17.4 Å². The van der Waals surface area contributed by atoms with E-state index in [-0.39, 0.29) is 0 Å². The normalized spacial score (nSPS) is 10.9. The van der Waals surface area contributed by atoms with Gasteiger partial charge in [-0.15, -0.1) is 11.3 Å². The predicted molar refractivity (Wildman–Crippen MR) is 79.5 cm³/mol.